The van der Waals surface area contributed by atoms with Crippen molar-refractivity contribution in [3.8, 4) is 0 Å². The van der Waals surface area contributed by atoms with E-state index < -0.39 is 0 Å². The van der Waals surface area contributed by atoms with Crippen molar-refractivity contribution >= 4 is 17.7 Å². The van der Waals surface area contributed by atoms with Crippen LogP contribution in [0.3, 0.4) is 0 Å². The van der Waals surface area contributed by atoms with Crippen LogP contribution in [0.1, 0.15) is 33.1 Å². The van der Waals surface area contributed by atoms with E-state index in [-0.39, 0.29) is 29.6 Å². The van der Waals surface area contributed by atoms with E-state index in [1.165, 1.54) is 4.90 Å². The monoisotopic (exact) mass is 241 g/mol. The number of hydrogen-bond donors (Lipinski definition) is 2. The number of unbranched alkanes of at least 4 members (excludes halogenated alkanes) is 1. The Kier molecular flexibility index (Phi) is 4.62. The van der Waals surface area contributed by atoms with Crippen LogP contribution in [0.2, 0.25) is 0 Å². The fourth-order valence-corrected chi connectivity index (χ4v) is 1.88. The number of nitrogens with zero attached hydrogens (tertiary/aromatic N) is 1. The minimum absolute atomic E-state index is 0.106. The van der Waals surface area contributed by atoms with E-state index in [1.54, 1.807) is 13.8 Å². The fraction of sp³-hybridized carbons (Fsp3) is 0.727. The second-order valence-electron chi connectivity index (χ2n) is 4.43. The van der Waals surface area contributed by atoms with Gasteiger partial charge < -0.3 is 0 Å². The van der Waals surface area contributed by atoms with Crippen LogP contribution in [0.15, 0.2) is 0 Å². The molecule has 2 atom stereocenters. The number of carbonyl (C=O) groups is 3. The molecular formula is C11H19N3O3. The molecule has 1 heterocycles. The maximum absolute atomic E-state index is 11.7. The largest absolute Gasteiger partial charge is 0.294 e. The summed E-state index contributed by atoms with van der Waals surface area (Å²) in [5, 5.41) is 0. The predicted octanol–water partition coefficient (Wildman–Crippen LogP) is -0.212. The average molecular weight is 241 g/mol. The lowest BCUT2D eigenvalue weighted by Crippen LogP contribution is -2.32. The Morgan fingerprint density at radius 1 is 1.24 bits per heavy atom. The smallest absolute Gasteiger partial charge is 0.233 e. The summed E-state index contributed by atoms with van der Waals surface area (Å²) in [4.78, 5) is 35.6. The molecule has 2 unspecified atom stereocenters. The van der Waals surface area contributed by atoms with Gasteiger partial charge in [0.05, 0.1) is 0 Å². The van der Waals surface area contributed by atoms with Crippen LogP contribution in [0.25, 0.3) is 0 Å². The highest BCUT2D eigenvalue weighted by Gasteiger charge is 2.41. The van der Waals surface area contributed by atoms with Crippen molar-refractivity contribution in [3.63, 3.8) is 0 Å². The zero-order valence-electron chi connectivity index (χ0n) is 10.2. The number of rotatable bonds is 5. The molecule has 0 saturated carbocycles. The summed E-state index contributed by atoms with van der Waals surface area (Å²) in [7, 11) is 0. The van der Waals surface area contributed by atoms with Crippen molar-refractivity contribution in [3.05, 3.63) is 0 Å². The SMILES string of the molecule is CC1C(=O)N(CCCCC(=O)NN)C(=O)C1C. The van der Waals surface area contributed by atoms with Gasteiger partial charge in [-0.1, -0.05) is 13.8 Å². The van der Waals surface area contributed by atoms with E-state index in [0.29, 0.717) is 25.8 Å². The van der Waals surface area contributed by atoms with Crippen LogP contribution in [0, 0.1) is 11.8 Å². The van der Waals surface area contributed by atoms with Crippen LogP contribution in [0.5, 0.6) is 0 Å². The van der Waals surface area contributed by atoms with Gasteiger partial charge in [0.25, 0.3) is 0 Å². The molecular weight excluding hydrogens is 222 g/mol. The third kappa shape index (κ3) is 3.03. The molecule has 1 aliphatic heterocycles. The Hall–Kier alpha value is -1.43. The number of hydrogen-bond acceptors (Lipinski definition) is 4. The van der Waals surface area contributed by atoms with Gasteiger partial charge in [0.2, 0.25) is 17.7 Å². The Bertz CT molecular complexity index is 310. The molecule has 1 fully saturated rings. The summed E-state index contributed by atoms with van der Waals surface area (Å²) in [6.07, 6.45) is 1.56. The molecule has 3 N–H and O–H groups in total. The number of hydrazine groups is 1. The molecule has 17 heavy (non-hydrogen) atoms. The van der Waals surface area contributed by atoms with Gasteiger partial charge in [0, 0.05) is 24.8 Å². The van der Waals surface area contributed by atoms with Crippen LogP contribution in [-0.4, -0.2) is 29.2 Å². The zero-order chi connectivity index (χ0) is 13.0. The lowest BCUT2D eigenvalue weighted by molar-refractivity contribution is -0.139. The second kappa shape index (κ2) is 5.77. The molecule has 0 radical (unpaired) electrons. The Balaban J connectivity index is 2.35. The highest BCUT2D eigenvalue weighted by atomic mass is 16.2. The minimum Gasteiger partial charge on any atom is -0.294 e. The molecule has 6 heteroatoms. The van der Waals surface area contributed by atoms with E-state index in [2.05, 4.69) is 0 Å². The van der Waals surface area contributed by atoms with Gasteiger partial charge in [0.15, 0.2) is 0 Å². The Morgan fingerprint density at radius 2 is 1.76 bits per heavy atom. The quantitative estimate of drug-likeness (QED) is 0.229. The van der Waals surface area contributed by atoms with E-state index in [0.717, 1.165) is 0 Å². The Morgan fingerprint density at radius 3 is 2.24 bits per heavy atom. The number of amides is 3. The average Bonchev–Trinajstić information content (AvgIpc) is 2.50. The van der Waals surface area contributed by atoms with Crippen LogP contribution in [0.4, 0.5) is 0 Å². The van der Waals surface area contributed by atoms with E-state index in [9.17, 15) is 14.4 Å². The molecule has 0 aliphatic carbocycles. The molecule has 0 bridgehead atoms. The van der Waals surface area contributed by atoms with Crippen molar-refractivity contribution < 1.29 is 14.4 Å². The molecule has 0 aromatic carbocycles. The summed E-state index contributed by atoms with van der Waals surface area (Å²) >= 11 is 0. The molecule has 3 amide bonds. The maximum atomic E-state index is 11.7. The molecule has 0 aromatic heterocycles. The van der Waals surface area contributed by atoms with Gasteiger partial charge in [-0.3, -0.25) is 24.7 Å². The molecule has 0 aromatic rings. The highest BCUT2D eigenvalue weighted by Crippen LogP contribution is 2.25. The van der Waals surface area contributed by atoms with Gasteiger partial charge in [-0.05, 0) is 12.8 Å². The highest BCUT2D eigenvalue weighted by molar-refractivity contribution is 6.04. The lowest BCUT2D eigenvalue weighted by atomic mass is 10.00. The van der Waals surface area contributed by atoms with Crippen molar-refractivity contribution in [2.45, 2.75) is 33.1 Å². The third-order valence-electron chi connectivity index (χ3n) is 3.26. The second-order valence-corrected chi connectivity index (χ2v) is 4.43. The molecule has 96 valence electrons. The van der Waals surface area contributed by atoms with E-state index in [4.69, 9.17) is 5.84 Å². The topological polar surface area (TPSA) is 92.5 Å². The number of likely N-dealkylation sites (tertiary alicyclic amines) is 1. The summed E-state index contributed by atoms with van der Waals surface area (Å²) in [5.74, 6) is 4.04. The lowest BCUT2D eigenvalue weighted by Gasteiger charge is -2.13. The van der Waals surface area contributed by atoms with E-state index >= 15 is 0 Å². The van der Waals surface area contributed by atoms with Gasteiger partial charge in [-0.2, -0.15) is 0 Å². The molecule has 1 rings (SSSR count). The summed E-state index contributed by atoms with van der Waals surface area (Å²) in [6, 6.07) is 0. The Labute approximate surface area is 100 Å². The van der Waals surface area contributed by atoms with Crippen LogP contribution in [-0.2, 0) is 14.4 Å². The van der Waals surface area contributed by atoms with Gasteiger partial charge in [0.1, 0.15) is 0 Å². The summed E-state index contributed by atoms with van der Waals surface area (Å²) in [6.45, 7) is 3.93. The van der Waals surface area contributed by atoms with Crippen molar-refractivity contribution in [1.29, 1.82) is 0 Å². The van der Waals surface area contributed by atoms with Gasteiger partial charge >= 0.3 is 0 Å². The molecule has 1 aliphatic rings. The minimum atomic E-state index is -0.231. The predicted molar refractivity (Wildman–Crippen MR) is 61.2 cm³/mol. The fourth-order valence-electron chi connectivity index (χ4n) is 1.88. The molecule has 6 nitrogen and oxygen atoms in total. The normalized spacial score (nSPS) is 24.3. The number of nitrogens with one attached hydrogen (secondary N) is 1. The standard InChI is InChI=1S/C11H19N3O3/c1-7-8(2)11(17)14(10(7)16)6-4-3-5-9(15)13-12/h7-8H,3-6,12H2,1-2H3,(H,13,15). The van der Waals surface area contributed by atoms with Crippen molar-refractivity contribution in [2.24, 2.45) is 17.7 Å². The third-order valence-corrected chi connectivity index (χ3v) is 3.26. The van der Waals surface area contributed by atoms with E-state index in [1.807, 2.05) is 5.43 Å². The first-order valence-corrected chi connectivity index (χ1v) is 5.83. The summed E-state index contributed by atoms with van der Waals surface area (Å²) < 4.78 is 0. The molecule has 0 spiro atoms. The summed E-state index contributed by atoms with van der Waals surface area (Å²) in [5.41, 5.74) is 2.04. The number of nitrogens with two attached hydrogens (primary N) is 1. The van der Waals surface area contributed by atoms with Crippen LogP contribution < -0.4 is 11.3 Å². The number of imide groups is 1. The van der Waals surface area contributed by atoms with Crippen molar-refractivity contribution in [2.75, 3.05) is 6.54 Å². The first-order valence-electron chi connectivity index (χ1n) is 5.83. The molecule has 1 saturated heterocycles. The van der Waals surface area contributed by atoms with Gasteiger partial charge in [-0.25, -0.2) is 5.84 Å². The van der Waals surface area contributed by atoms with Crippen molar-refractivity contribution in [1.82, 2.24) is 10.3 Å². The first-order chi connectivity index (χ1) is 7.99. The van der Waals surface area contributed by atoms with Gasteiger partial charge in [-0.15, -0.1) is 0 Å². The maximum Gasteiger partial charge on any atom is 0.233 e. The number of carbonyl (C=O) groups excluding carboxylic acids is 3. The first kappa shape index (κ1) is 13.6. The van der Waals surface area contributed by atoms with Crippen LogP contribution >= 0.6 is 0 Å². The zero-order valence-corrected chi connectivity index (χ0v) is 10.2.